The second kappa shape index (κ2) is 8.73. The molecule has 8 heteroatoms. The van der Waals surface area contributed by atoms with E-state index >= 15 is 0 Å². The van der Waals surface area contributed by atoms with Gasteiger partial charge in [-0.05, 0) is 36.4 Å². The maximum Gasteiger partial charge on any atom is 0.281 e. The van der Waals surface area contributed by atoms with Gasteiger partial charge in [0.05, 0.1) is 30.4 Å². The molecule has 1 aliphatic heterocycles. The third-order valence-corrected chi connectivity index (χ3v) is 4.97. The molecule has 0 saturated heterocycles. The number of carbonyl (C=O) groups excluding carboxylic acids is 1. The van der Waals surface area contributed by atoms with Crippen molar-refractivity contribution in [1.82, 2.24) is 0 Å². The molecule has 0 fully saturated rings. The molecule has 32 heavy (non-hydrogen) atoms. The summed E-state index contributed by atoms with van der Waals surface area (Å²) in [7, 11) is 3.11. The lowest BCUT2D eigenvalue weighted by molar-refractivity contribution is -0.384. The van der Waals surface area contributed by atoms with Crippen molar-refractivity contribution in [2.24, 2.45) is 5.10 Å². The molecule has 160 valence electrons. The number of hydrogen-bond acceptors (Lipinski definition) is 6. The number of non-ortho nitro benzene ring substituents is 1. The molecule has 0 bridgehead atoms. The van der Waals surface area contributed by atoms with Gasteiger partial charge in [-0.25, -0.2) is 0 Å². The maximum absolute atomic E-state index is 13.4. The highest BCUT2D eigenvalue weighted by Crippen LogP contribution is 2.32. The van der Waals surface area contributed by atoms with Crippen LogP contribution in [0, 0.1) is 10.1 Å². The molecule has 1 aliphatic rings. The predicted molar refractivity (Wildman–Crippen MR) is 121 cm³/mol. The number of benzene rings is 3. The number of methoxy groups -OCH3 is 2. The minimum atomic E-state index is -0.491. The van der Waals surface area contributed by atoms with E-state index in [4.69, 9.17) is 9.47 Å². The third kappa shape index (κ3) is 3.93. The van der Waals surface area contributed by atoms with Gasteiger partial charge in [0.2, 0.25) is 0 Å². The predicted octanol–water partition coefficient (Wildman–Crippen LogP) is 4.45. The highest BCUT2D eigenvalue weighted by Gasteiger charge is 2.32. The number of nitrogens with zero attached hydrogens (tertiary/aromatic N) is 3. The highest BCUT2D eigenvalue weighted by atomic mass is 16.6. The molecule has 3 aromatic rings. The Morgan fingerprint density at radius 2 is 1.69 bits per heavy atom. The molecule has 0 radical (unpaired) electrons. The largest absolute Gasteiger partial charge is 0.497 e. The Morgan fingerprint density at radius 1 is 0.969 bits per heavy atom. The molecule has 0 saturated carbocycles. The molecule has 1 heterocycles. The number of hydrazone groups is 1. The third-order valence-electron chi connectivity index (χ3n) is 4.97. The fourth-order valence-electron chi connectivity index (χ4n) is 3.35. The molecule has 4 rings (SSSR count). The molecule has 0 aromatic heterocycles. The Balaban J connectivity index is 1.83. The summed E-state index contributed by atoms with van der Waals surface area (Å²) in [5, 5.41) is 16.8. The van der Waals surface area contributed by atoms with Crippen LogP contribution in [-0.2, 0) is 4.79 Å². The van der Waals surface area contributed by atoms with E-state index in [0.29, 0.717) is 34.0 Å². The molecular formula is C24H19N3O5. The number of ether oxygens (including phenoxy) is 2. The quantitative estimate of drug-likeness (QED) is 0.328. The van der Waals surface area contributed by atoms with Crippen LogP contribution in [0.5, 0.6) is 11.5 Å². The summed E-state index contributed by atoms with van der Waals surface area (Å²) in [6.07, 6.45) is 1.71. The Hall–Kier alpha value is -4.46. The van der Waals surface area contributed by atoms with Crippen molar-refractivity contribution in [2.75, 3.05) is 19.2 Å². The van der Waals surface area contributed by atoms with Gasteiger partial charge in [-0.2, -0.15) is 10.1 Å². The van der Waals surface area contributed by atoms with Crippen LogP contribution in [0.1, 0.15) is 11.1 Å². The van der Waals surface area contributed by atoms with E-state index in [0.717, 1.165) is 5.56 Å². The highest BCUT2D eigenvalue weighted by molar-refractivity contribution is 6.37. The van der Waals surface area contributed by atoms with E-state index in [1.807, 2.05) is 30.3 Å². The monoisotopic (exact) mass is 429 g/mol. The first-order chi connectivity index (χ1) is 15.5. The Morgan fingerprint density at radius 3 is 2.31 bits per heavy atom. The normalized spacial score (nSPS) is 14.4. The van der Waals surface area contributed by atoms with Gasteiger partial charge < -0.3 is 9.47 Å². The zero-order chi connectivity index (χ0) is 22.7. The van der Waals surface area contributed by atoms with Gasteiger partial charge in [0.1, 0.15) is 17.2 Å². The molecule has 0 unspecified atom stereocenters. The van der Waals surface area contributed by atoms with Gasteiger partial charge in [-0.15, -0.1) is 0 Å². The lowest BCUT2D eigenvalue weighted by atomic mass is 10.00. The van der Waals surface area contributed by atoms with Crippen molar-refractivity contribution in [1.29, 1.82) is 0 Å². The molecule has 1 amide bonds. The van der Waals surface area contributed by atoms with Crippen molar-refractivity contribution in [2.45, 2.75) is 0 Å². The summed E-state index contributed by atoms with van der Waals surface area (Å²) in [5.41, 5.74) is 2.63. The van der Waals surface area contributed by atoms with Crippen molar-refractivity contribution in [3.05, 3.63) is 99.6 Å². The number of rotatable bonds is 6. The summed E-state index contributed by atoms with van der Waals surface area (Å²) >= 11 is 0. The molecule has 0 aliphatic carbocycles. The number of nitro benzene ring substituents is 1. The Kier molecular flexibility index (Phi) is 5.67. The first kappa shape index (κ1) is 20.8. The minimum absolute atomic E-state index is 0.0652. The summed E-state index contributed by atoms with van der Waals surface area (Å²) in [6, 6.07) is 20.3. The fraction of sp³-hybridized carbons (Fsp3) is 0.0833. The maximum atomic E-state index is 13.4. The zero-order valence-electron chi connectivity index (χ0n) is 17.4. The average molecular weight is 429 g/mol. The van der Waals surface area contributed by atoms with Gasteiger partial charge in [0, 0.05) is 23.3 Å². The Bertz CT molecular complexity index is 1230. The lowest BCUT2D eigenvalue weighted by Gasteiger charge is -2.11. The molecule has 0 atom stereocenters. The number of carbonyl (C=O) groups is 1. The van der Waals surface area contributed by atoms with Crippen molar-refractivity contribution < 1.29 is 19.2 Å². The van der Waals surface area contributed by atoms with Gasteiger partial charge in [0.15, 0.2) is 0 Å². The van der Waals surface area contributed by atoms with E-state index in [9.17, 15) is 14.9 Å². The fourth-order valence-corrected chi connectivity index (χ4v) is 3.35. The second-order valence-corrected chi connectivity index (χ2v) is 6.87. The molecule has 0 spiro atoms. The van der Waals surface area contributed by atoms with Gasteiger partial charge in [0.25, 0.3) is 11.6 Å². The standard InChI is InChI=1S/C24H19N3O5/c1-31-20-12-13-22(32-2)17(14-20)15-21-23(16-6-4-3-5-7-16)25-26(24(21)28)18-8-10-19(11-9-18)27(29)30/h3-15H,1-2H3/b21-15+. The lowest BCUT2D eigenvalue weighted by Crippen LogP contribution is -2.21. The van der Waals surface area contributed by atoms with Crippen LogP contribution in [0.4, 0.5) is 11.4 Å². The topological polar surface area (TPSA) is 94.3 Å². The van der Waals surface area contributed by atoms with E-state index in [1.54, 1.807) is 38.5 Å². The number of nitro groups is 1. The van der Waals surface area contributed by atoms with E-state index in [-0.39, 0.29) is 11.6 Å². The van der Waals surface area contributed by atoms with Crippen molar-refractivity contribution >= 4 is 29.1 Å². The number of hydrogen-bond donors (Lipinski definition) is 0. The first-order valence-electron chi connectivity index (χ1n) is 9.69. The molecular weight excluding hydrogens is 410 g/mol. The van der Waals surface area contributed by atoms with Crippen LogP contribution in [0.25, 0.3) is 6.08 Å². The zero-order valence-corrected chi connectivity index (χ0v) is 17.4. The van der Waals surface area contributed by atoms with E-state index < -0.39 is 4.92 Å². The van der Waals surface area contributed by atoms with Crippen molar-refractivity contribution in [3.63, 3.8) is 0 Å². The first-order valence-corrected chi connectivity index (χ1v) is 9.69. The summed E-state index contributed by atoms with van der Waals surface area (Å²) in [4.78, 5) is 23.9. The van der Waals surface area contributed by atoms with Crippen LogP contribution in [0.15, 0.2) is 83.5 Å². The minimum Gasteiger partial charge on any atom is -0.497 e. The summed E-state index contributed by atoms with van der Waals surface area (Å²) in [6.45, 7) is 0. The van der Waals surface area contributed by atoms with Crippen molar-refractivity contribution in [3.8, 4) is 11.5 Å². The van der Waals surface area contributed by atoms with Gasteiger partial charge >= 0.3 is 0 Å². The van der Waals surface area contributed by atoms with Crippen LogP contribution >= 0.6 is 0 Å². The molecule has 8 nitrogen and oxygen atoms in total. The van der Waals surface area contributed by atoms with Crippen LogP contribution in [-0.4, -0.2) is 30.8 Å². The summed E-state index contributed by atoms with van der Waals surface area (Å²) in [5.74, 6) is 0.836. The van der Waals surface area contributed by atoms with Gasteiger partial charge in [-0.3, -0.25) is 14.9 Å². The van der Waals surface area contributed by atoms with E-state index in [2.05, 4.69) is 5.10 Å². The van der Waals surface area contributed by atoms with Crippen LogP contribution < -0.4 is 14.5 Å². The smallest absolute Gasteiger partial charge is 0.281 e. The van der Waals surface area contributed by atoms with Crippen LogP contribution in [0.2, 0.25) is 0 Å². The SMILES string of the molecule is COc1ccc(OC)c(/C=C2/C(=O)N(c3ccc([N+](=O)[O-])cc3)N=C2c2ccccc2)c1. The number of amides is 1. The van der Waals surface area contributed by atoms with Gasteiger partial charge in [-0.1, -0.05) is 30.3 Å². The molecule has 0 N–H and O–H groups in total. The summed E-state index contributed by atoms with van der Waals surface area (Å²) < 4.78 is 10.8. The van der Waals surface area contributed by atoms with Crippen LogP contribution in [0.3, 0.4) is 0 Å². The number of anilines is 1. The second-order valence-electron chi connectivity index (χ2n) is 6.87. The average Bonchev–Trinajstić information content (AvgIpc) is 3.15. The van der Waals surface area contributed by atoms with E-state index in [1.165, 1.54) is 29.3 Å². The molecule has 3 aromatic carbocycles. The Labute approximate surface area is 184 Å².